The van der Waals surface area contributed by atoms with Crippen molar-refractivity contribution in [3.63, 3.8) is 0 Å². The van der Waals surface area contributed by atoms with E-state index in [0.29, 0.717) is 0 Å². The van der Waals surface area contributed by atoms with E-state index >= 15 is 0 Å². The number of benzene rings is 5. The molecule has 6 aromatic rings. The fraction of sp³-hybridized carbons (Fsp3) is 0.0323. The van der Waals surface area contributed by atoms with Crippen LogP contribution in [-0.4, -0.2) is 4.57 Å². The number of nitrogens with zero attached hydrogens (tertiary/aromatic N) is 1. The van der Waals surface area contributed by atoms with Gasteiger partial charge in [0.05, 0.1) is 11.0 Å². The van der Waals surface area contributed by atoms with E-state index in [9.17, 15) is 0 Å². The monoisotopic (exact) mass is 409 g/mol. The topological polar surface area (TPSA) is 4.93 Å². The number of hydrogen-bond acceptors (Lipinski definition) is 0. The molecule has 152 valence electrons. The third-order valence-electron chi connectivity index (χ3n) is 6.23. The highest BCUT2D eigenvalue weighted by Gasteiger charge is 2.12. The summed E-state index contributed by atoms with van der Waals surface area (Å²) < 4.78 is 2.36. The van der Waals surface area contributed by atoms with Crippen LogP contribution in [0.4, 0.5) is 0 Å². The quantitative estimate of drug-likeness (QED) is 0.278. The molecule has 0 N–H and O–H groups in total. The Labute approximate surface area is 188 Å². The summed E-state index contributed by atoms with van der Waals surface area (Å²) in [4.78, 5) is 0. The summed E-state index contributed by atoms with van der Waals surface area (Å²) in [5.41, 5.74) is 8.85. The van der Waals surface area contributed by atoms with E-state index in [1.165, 1.54) is 49.7 Å². The minimum Gasteiger partial charge on any atom is -0.309 e. The molecule has 0 radical (unpaired) electrons. The maximum atomic E-state index is 2.36. The van der Waals surface area contributed by atoms with Gasteiger partial charge in [-0.25, -0.2) is 0 Å². The van der Waals surface area contributed by atoms with Gasteiger partial charge in [0, 0.05) is 16.5 Å². The van der Waals surface area contributed by atoms with Crippen molar-refractivity contribution in [3.05, 3.63) is 139 Å². The van der Waals surface area contributed by atoms with Gasteiger partial charge in [0.15, 0.2) is 0 Å². The van der Waals surface area contributed by atoms with Crippen molar-refractivity contribution in [1.29, 1.82) is 0 Å². The van der Waals surface area contributed by atoms with Crippen LogP contribution in [-0.2, 0) is 6.42 Å². The third kappa shape index (κ3) is 3.29. The number of aromatic nitrogens is 1. The van der Waals surface area contributed by atoms with E-state index < -0.39 is 0 Å². The van der Waals surface area contributed by atoms with Gasteiger partial charge >= 0.3 is 0 Å². The molecule has 32 heavy (non-hydrogen) atoms. The molecule has 0 saturated carbocycles. The van der Waals surface area contributed by atoms with Crippen LogP contribution < -0.4 is 0 Å². The Hall–Kier alpha value is -4.10. The normalized spacial score (nSPS) is 11.2. The summed E-state index contributed by atoms with van der Waals surface area (Å²) in [6, 6.07) is 45.8. The number of hydrogen-bond donors (Lipinski definition) is 0. The van der Waals surface area contributed by atoms with E-state index in [1.807, 2.05) is 0 Å². The molecule has 0 unspecified atom stereocenters. The second-order valence-electron chi connectivity index (χ2n) is 8.28. The summed E-state index contributed by atoms with van der Waals surface area (Å²) in [5, 5.41) is 2.57. The molecule has 0 aliphatic rings. The lowest BCUT2D eigenvalue weighted by Crippen LogP contribution is -1.92. The largest absolute Gasteiger partial charge is 0.309 e. The molecule has 0 spiro atoms. The molecule has 0 atom stereocenters. The molecule has 1 heteroatoms. The van der Waals surface area contributed by atoms with Gasteiger partial charge in [-0.2, -0.15) is 0 Å². The van der Waals surface area contributed by atoms with Crippen LogP contribution in [0.3, 0.4) is 0 Å². The smallest absolute Gasteiger partial charge is 0.0541 e. The van der Waals surface area contributed by atoms with Crippen molar-refractivity contribution in [2.75, 3.05) is 0 Å². The highest BCUT2D eigenvalue weighted by Crippen LogP contribution is 2.34. The van der Waals surface area contributed by atoms with Gasteiger partial charge in [-0.3, -0.25) is 0 Å². The van der Waals surface area contributed by atoms with Crippen LogP contribution in [0.25, 0.3) is 38.6 Å². The molecular formula is C31H23N. The van der Waals surface area contributed by atoms with E-state index in [-0.39, 0.29) is 0 Å². The van der Waals surface area contributed by atoms with Crippen LogP contribution in [0, 0.1) is 0 Å². The summed E-state index contributed by atoms with van der Waals surface area (Å²) in [7, 11) is 0. The minimum absolute atomic E-state index is 0.963. The number of rotatable bonds is 4. The molecule has 0 aliphatic heterocycles. The maximum Gasteiger partial charge on any atom is 0.0541 e. The molecule has 0 amide bonds. The van der Waals surface area contributed by atoms with Crippen molar-refractivity contribution in [2.45, 2.75) is 6.42 Å². The lowest BCUT2D eigenvalue weighted by atomic mass is 9.99. The third-order valence-corrected chi connectivity index (χ3v) is 6.23. The zero-order valence-corrected chi connectivity index (χ0v) is 17.8. The van der Waals surface area contributed by atoms with Crippen LogP contribution in [0.15, 0.2) is 127 Å². The average molecular weight is 410 g/mol. The molecule has 0 saturated heterocycles. The Balaban J connectivity index is 1.43. The lowest BCUT2D eigenvalue weighted by Gasteiger charge is -2.08. The average Bonchev–Trinajstić information content (AvgIpc) is 3.19. The SMILES string of the molecule is c1ccc(Cc2ccc(-c3ccc4c(c3)c3ccccc3n4-c3ccccc3)cc2)cc1. The fourth-order valence-corrected chi connectivity index (χ4v) is 4.65. The summed E-state index contributed by atoms with van der Waals surface area (Å²) >= 11 is 0. The second kappa shape index (κ2) is 7.86. The molecule has 1 aromatic heterocycles. The van der Waals surface area contributed by atoms with Crippen molar-refractivity contribution in [1.82, 2.24) is 4.57 Å². The molecule has 5 aromatic carbocycles. The van der Waals surface area contributed by atoms with E-state index in [0.717, 1.165) is 6.42 Å². The first-order valence-corrected chi connectivity index (χ1v) is 11.1. The first kappa shape index (κ1) is 18.7. The second-order valence-corrected chi connectivity index (χ2v) is 8.28. The van der Waals surface area contributed by atoms with Gasteiger partial charge in [-0.15, -0.1) is 0 Å². The molecule has 1 nitrogen and oxygen atoms in total. The van der Waals surface area contributed by atoms with E-state index in [2.05, 4.69) is 132 Å². The standard InChI is InChI=1S/C31H23N/c1-3-9-23(10-4-1)21-24-15-17-25(18-16-24)26-19-20-31-29(22-26)28-13-7-8-14-30(28)32(31)27-11-5-2-6-12-27/h1-20,22H,21H2. The van der Waals surface area contributed by atoms with E-state index in [1.54, 1.807) is 0 Å². The Bertz CT molecular complexity index is 1510. The molecule has 0 bridgehead atoms. The van der Waals surface area contributed by atoms with Crippen molar-refractivity contribution in [3.8, 4) is 16.8 Å². The molecule has 0 aliphatic carbocycles. The predicted molar refractivity (Wildman–Crippen MR) is 135 cm³/mol. The summed E-state index contributed by atoms with van der Waals surface area (Å²) in [6.45, 7) is 0. The number of para-hydroxylation sites is 2. The Morgan fingerprint density at radius 2 is 1.03 bits per heavy atom. The van der Waals surface area contributed by atoms with Crippen molar-refractivity contribution >= 4 is 21.8 Å². The molecular weight excluding hydrogens is 386 g/mol. The number of fused-ring (bicyclic) bond motifs is 3. The Morgan fingerprint density at radius 1 is 0.438 bits per heavy atom. The zero-order valence-electron chi connectivity index (χ0n) is 17.8. The summed E-state index contributed by atoms with van der Waals surface area (Å²) in [5.74, 6) is 0. The van der Waals surface area contributed by atoms with Crippen molar-refractivity contribution < 1.29 is 0 Å². The Kier molecular flexibility index (Phi) is 4.58. The molecule has 0 fully saturated rings. The van der Waals surface area contributed by atoms with Crippen molar-refractivity contribution in [2.24, 2.45) is 0 Å². The van der Waals surface area contributed by atoms with Crippen LogP contribution in [0.1, 0.15) is 11.1 Å². The van der Waals surface area contributed by atoms with Gasteiger partial charge in [0.2, 0.25) is 0 Å². The first-order valence-electron chi connectivity index (χ1n) is 11.1. The fourth-order valence-electron chi connectivity index (χ4n) is 4.65. The van der Waals surface area contributed by atoms with Gasteiger partial charge in [0.25, 0.3) is 0 Å². The first-order chi connectivity index (χ1) is 15.9. The van der Waals surface area contributed by atoms with Gasteiger partial charge in [-0.05, 0) is 59.0 Å². The highest BCUT2D eigenvalue weighted by atomic mass is 15.0. The molecule has 1 heterocycles. The summed E-state index contributed by atoms with van der Waals surface area (Å²) in [6.07, 6.45) is 0.963. The predicted octanol–water partition coefficient (Wildman–Crippen LogP) is 8.04. The zero-order chi connectivity index (χ0) is 21.3. The van der Waals surface area contributed by atoms with E-state index in [4.69, 9.17) is 0 Å². The lowest BCUT2D eigenvalue weighted by molar-refractivity contribution is 1.18. The maximum absolute atomic E-state index is 2.36. The van der Waals surface area contributed by atoms with Crippen LogP contribution >= 0.6 is 0 Å². The van der Waals surface area contributed by atoms with Gasteiger partial charge < -0.3 is 4.57 Å². The van der Waals surface area contributed by atoms with Gasteiger partial charge in [-0.1, -0.05) is 97.1 Å². The van der Waals surface area contributed by atoms with Gasteiger partial charge in [0.1, 0.15) is 0 Å². The highest BCUT2D eigenvalue weighted by molar-refractivity contribution is 6.10. The Morgan fingerprint density at radius 3 is 1.81 bits per heavy atom. The van der Waals surface area contributed by atoms with Crippen LogP contribution in [0.2, 0.25) is 0 Å². The molecule has 6 rings (SSSR count). The minimum atomic E-state index is 0.963. The van der Waals surface area contributed by atoms with Crippen LogP contribution in [0.5, 0.6) is 0 Å².